The lowest BCUT2D eigenvalue weighted by molar-refractivity contribution is -0.399. The number of aromatic hydroxyl groups is 1. The summed E-state index contributed by atoms with van der Waals surface area (Å²) < 4.78 is 120. The molecule has 1 N–H and O–H groups in total. The Morgan fingerprint density at radius 3 is 1.18 bits per heavy atom. The number of phenolic OH excluding ortho intramolecular Hbond substituents is 1. The molecule has 0 aromatic heterocycles. The van der Waals surface area contributed by atoms with Crippen LogP contribution in [0.15, 0.2) is 12.1 Å². The first-order chi connectivity index (χ1) is 12.0. The summed E-state index contributed by atoms with van der Waals surface area (Å²) in [4.78, 5) is 0. The van der Waals surface area contributed by atoms with Gasteiger partial charge < -0.3 is 5.11 Å². The van der Waals surface area contributed by atoms with Gasteiger partial charge in [-0.2, -0.15) is 39.5 Å². The standard InChI is InChI=1S/C18H21F9O/c1-13(2,3)10-7-9(8-11(12(10)28)14(4,5)6)15(19,20)16(21,22)17(23,24)18(25,26)27/h7-8,28H,1-6H3. The SMILES string of the molecule is CC(C)(C)c1cc(C(F)(F)C(F)(F)C(F)(F)C(F)(F)F)cc(C(C)(C)C)c1O. The molecule has 0 aliphatic rings. The highest BCUT2D eigenvalue weighted by molar-refractivity contribution is 5.51. The van der Waals surface area contributed by atoms with E-state index in [2.05, 4.69) is 0 Å². The van der Waals surface area contributed by atoms with Crippen LogP contribution in [0.3, 0.4) is 0 Å². The minimum atomic E-state index is -6.98. The maximum atomic E-state index is 14.4. The van der Waals surface area contributed by atoms with E-state index in [1.807, 2.05) is 0 Å². The predicted molar refractivity (Wildman–Crippen MR) is 85.3 cm³/mol. The number of rotatable bonds is 3. The van der Waals surface area contributed by atoms with E-state index < -0.39 is 46.1 Å². The van der Waals surface area contributed by atoms with Crippen LogP contribution >= 0.6 is 0 Å². The molecule has 0 saturated heterocycles. The summed E-state index contributed by atoms with van der Waals surface area (Å²) >= 11 is 0. The van der Waals surface area contributed by atoms with Crippen molar-refractivity contribution in [3.05, 3.63) is 28.8 Å². The van der Waals surface area contributed by atoms with Crippen molar-refractivity contribution in [1.82, 2.24) is 0 Å². The highest BCUT2D eigenvalue weighted by Gasteiger charge is 2.82. The van der Waals surface area contributed by atoms with Gasteiger partial charge in [0.1, 0.15) is 5.75 Å². The van der Waals surface area contributed by atoms with Crippen molar-refractivity contribution in [3.63, 3.8) is 0 Å². The van der Waals surface area contributed by atoms with E-state index in [4.69, 9.17) is 0 Å². The molecule has 1 aromatic carbocycles. The molecule has 0 heterocycles. The van der Waals surface area contributed by atoms with Crippen LogP contribution in [0.5, 0.6) is 5.75 Å². The lowest BCUT2D eigenvalue weighted by atomic mass is 9.77. The lowest BCUT2D eigenvalue weighted by Gasteiger charge is -2.35. The van der Waals surface area contributed by atoms with Crippen molar-refractivity contribution in [1.29, 1.82) is 0 Å². The van der Waals surface area contributed by atoms with Crippen LogP contribution in [0.2, 0.25) is 0 Å². The van der Waals surface area contributed by atoms with Crippen LogP contribution in [0.1, 0.15) is 58.2 Å². The zero-order chi connectivity index (χ0) is 22.7. The van der Waals surface area contributed by atoms with Gasteiger partial charge in [-0.15, -0.1) is 0 Å². The first-order valence-electron chi connectivity index (χ1n) is 8.08. The van der Waals surface area contributed by atoms with Gasteiger partial charge in [-0.05, 0) is 23.0 Å². The number of hydrogen-bond acceptors (Lipinski definition) is 1. The number of halogens is 9. The number of alkyl halides is 9. The Morgan fingerprint density at radius 1 is 0.607 bits per heavy atom. The summed E-state index contributed by atoms with van der Waals surface area (Å²) in [6.07, 6.45) is -6.89. The molecule has 1 nitrogen and oxygen atoms in total. The maximum absolute atomic E-state index is 14.4. The van der Waals surface area contributed by atoms with Crippen LogP contribution in [0, 0.1) is 0 Å². The average molecular weight is 424 g/mol. The Balaban J connectivity index is 3.88. The fourth-order valence-electron chi connectivity index (χ4n) is 2.52. The molecule has 0 aliphatic carbocycles. The Labute approximate surface area is 156 Å². The second kappa shape index (κ2) is 6.45. The van der Waals surface area contributed by atoms with Crippen LogP contribution in [-0.2, 0) is 16.8 Å². The van der Waals surface area contributed by atoms with E-state index in [0.29, 0.717) is 12.1 Å². The van der Waals surface area contributed by atoms with Crippen molar-refractivity contribution >= 4 is 0 Å². The van der Waals surface area contributed by atoms with Gasteiger partial charge in [0, 0.05) is 16.7 Å². The number of hydrogen-bond donors (Lipinski definition) is 1. The van der Waals surface area contributed by atoms with E-state index in [1.165, 1.54) is 41.5 Å². The minimum absolute atomic E-state index is 0.291. The van der Waals surface area contributed by atoms with Gasteiger partial charge in [0.15, 0.2) is 0 Å². The van der Waals surface area contributed by atoms with Crippen LogP contribution in [-0.4, -0.2) is 23.1 Å². The van der Waals surface area contributed by atoms with E-state index in [1.54, 1.807) is 0 Å². The molecule has 10 heteroatoms. The Morgan fingerprint density at radius 2 is 0.929 bits per heavy atom. The molecule has 1 rings (SSSR count). The zero-order valence-electron chi connectivity index (χ0n) is 16.0. The summed E-state index contributed by atoms with van der Waals surface area (Å²) in [5.41, 5.74) is -4.52. The third kappa shape index (κ3) is 3.78. The van der Waals surface area contributed by atoms with Crippen molar-refractivity contribution in [3.8, 4) is 5.75 Å². The molecule has 1 aromatic rings. The average Bonchev–Trinajstić information content (AvgIpc) is 2.42. The van der Waals surface area contributed by atoms with E-state index in [9.17, 15) is 44.6 Å². The van der Waals surface area contributed by atoms with Gasteiger partial charge in [-0.3, -0.25) is 0 Å². The molecule has 0 amide bonds. The van der Waals surface area contributed by atoms with Crippen LogP contribution in [0.25, 0.3) is 0 Å². The summed E-state index contributed by atoms with van der Waals surface area (Å²) in [5.74, 6) is -20.1. The topological polar surface area (TPSA) is 20.2 Å². The fraction of sp³-hybridized carbons (Fsp3) is 0.667. The quantitative estimate of drug-likeness (QED) is 0.523. The summed E-state index contributed by atoms with van der Waals surface area (Å²) in [6.45, 7) is 8.58. The molecule has 0 atom stereocenters. The Bertz CT molecular complexity index is 700. The molecule has 0 fully saturated rings. The summed E-state index contributed by atoms with van der Waals surface area (Å²) in [7, 11) is 0. The van der Waals surface area contributed by atoms with Crippen molar-refractivity contribution in [2.75, 3.05) is 0 Å². The monoisotopic (exact) mass is 424 g/mol. The van der Waals surface area contributed by atoms with Gasteiger partial charge in [0.25, 0.3) is 0 Å². The highest BCUT2D eigenvalue weighted by Crippen LogP contribution is 2.57. The molecule has 162 valence electrons. The Hall–Kier alpha value is -1.61. The first-order valence-corrected chi connectivity index (χ1v) is 8.08. The third-order valence-electron chi connectivity index (χ3n) is 4.23. The lowest BCUT2D eigenvalue weighted by Crippen LogP contribution is -2.59. The smallest absolute Gasteiger partial charge is 0.460 e. The number of benzene rings is 1. The molecular formula is C18H21F9O. The molecule has 0 radical (unpaired) electrons. The maximum Gasteiger partial charge on any atom is 0.460 e. The molecule has 0 saturated carbocycles. The Kier molecular flexibility index (Phi) is 5.63. The second-order valence-electron chi connectivity index (χ2n) is 8.64. The molecule has 0 spiro atoms. The summed E-state index contributed by atoms with van der Waals surface area (Å²) in [5, 5.41) is 10.4. The molecule has 0 aliphatic heterocycles. The van der Waals surface area contributed by atoms with Gasteiger partial charge in [0.05, 0.1) is 0 Å². The molecule has 28 heavy (non-hydrogen) atoms. The van der Waals surface area contributed by atoms with Crippen molar-refractivity contribution < 1.29 is 44.6 Å². The summed E-state index contributed by atoms with van der Waals surface area (Å²) in [6, 6.07) is 0.676. The molecule has 0 bridgehead atoms. The van der Waals surface area contributed by atoms with Crippen molar-refractivity contribution in [2.24, 2.45) is 0 Å². The van der Waals surface area contributed by atoms with Gasteiger partial charge in [-0.25, -0.2) is 0 Å². The second-order valence-corrected chi connectivity index (χ2v) is 8.64. The predicted octanol–water partition coefficient (Wildman–Crippen LogP) is 6.91. The van der Waals surface area contributed by atoms with Crippen molar-refractivity contribution in [2.45, 2.75) is 76.3 Å². The van der Waals surface area contributed by atoms with Crippen LogP contribution < -0.4 is 0 Å². The number of phenols is 1. The van der Waals surface area contributed by atoms with E-state index >= 15 is 0 Å². The molecule has 0 unspecified atom stereocenters. The molecular weight excluding hydrogens is 403 g/mol. The van der Waals surface area contributed by atoms with E-state index in [0.717, 1.165) is 0 Å². The third-order valence-corrected chi connectivity index (χ3v) is 4.23. The fourth-order valence-corrected chi connectivity index (χ4v) is 2.52. The normalized spacial score (nSPS) is 15.1. The minimum Gasteiger partial charge on any atom is -0.507 e. The largest absolute Gasteiger partial charge is 0.507 e. The first kappa shape index (κ1) is 24.4. The zero-order valence-corrected chi connectivity index (χ0v) is 16.0. The van der Waals surface area contributed by atoms with E-state index in [-0.39, 0.29) is 11.1 Å². The van der Waals surface area contributed by atoms with Crippen LogP contribution in [0.4, 0.5) is 39.5 Å². The highest BCUT2D eigenvalue weighted by atomic mass is 19.4. The van der Waals surface area contributed by atoms with Gasteiger partial charge in [0.2, 0.25) is 0 Å². The van der Waals surface area contributed by atoms with Gasteiger partial charge >= 0.3 is 23.9 Å². The van der Waals surface area contributed by atoms with Gasteiger partial charge in [-0.1, -0.05) is 41.5 Å².